The number of hydrogen-bond donors (Lipinski definition) is 1. The van der Waals surface area contributed by atoms with E-state index < -0.39 is 11.4 Å². The fourth-order valence-corrected chi connectivity index (χ4v) is 3.23. The van der Waals surface area contributed by atoms with Gasteiger partial charge in [-0.05, 0) is 38.3 Å². The molecule has 1 N–H and O–H groups in total. The molecule has 114 valence electrons. The Bertz CT molecular complexity index is 567. The van der Waals surface area contributed by atoms with Crippen molar-refractivity contribution in [3.8, 4) is 0 Å². The Kier molecular flexibility index (Phi) is 4.35. The van der Waals surface area contributed by atoms with Gasteiger partial charge in [-0.15, -0.1) is 0 Å². The number of nitrogens with zero attached hydrogens (tertiary/aromatic N) is 1. The van der Waals surface area contributed by atoms with E-state index in [4.69, 9.17) is 0 Å². The number of carboxylic acids is 1. The number of carboxylic acid groups (broad SMARTS) is 1. The predicted octanol–water partition coefficient (Wildman–Crippen LogP) is 3.02. The van der Waals surface area contributed by atoms with Gasteiger partial charge in [0.15, 0.2) is 0 Å². The normalized spacial score (nSPS) is 21.6. The summed E-state index contributed by atoms with van der Waals surface area (Å²) in [6, 6.07) is 5.75. The highest BCUT2D eigenvalue weighted by Crippen LogP contribution is 2.36. The molecule has 1 saturated heterocycles. The number of hydrogen-bond acceptors (Lipinski definition) is 2. The van der Waals surface area contributed by atoms with Crippen LogP contribution in [-0.4, -0.2) is 35.0 Å². The van der Waals surface area contributed by atoms with E-state index in [2.05, 4.69) is 0 Å². The van der Waals surface area contributed by atoms with Crippen molar-refractivity contribution in [1.82, 2.24) is 4.90 Å². The van der Waals surface area contributed by atoms with Gasteiger partial charge in [-0.1, -0.05) is 31.0 Å². The van der Waals surface area contributed by atoms with Gasteiger partial charge in [0.05, 0.1) is 5.41 Å². The molecule has 1 aliphatic rings. The van der Waals surface area contributed by atoms with E-state index >= 15 is 0 Å². The highest BCUT2D eigenvalue weighted by molar-refractivity contribution is 5.96. The van der Waals surface area contributed by atoms with Gasteiger partial charge in [-0.3, -0.25) is 9.59 Å². The Balaban J connectivity index is 2.20. The second-order valence-corrected chi connectivity index (χ2v) is 6.13. The summed E-state index contributed by atoms with van der Waals surface area (Å²) in [5.41, 5.74) is 1.99. The monoisotopic (exact) mass is 289 g/mol. The summed E-state index contributed by atoms with van der Waals surface area (Å²) in [7, 11) is 0. The first-order chi connectivity index (χ1) is 9.89. The Morgan fingerprint density at radius 2 is 2.05 bits per heavy atom. The molecule has 1 atom stereocenters. The number of aryl methyl sites for hydroxylation is 2. The van der Waals surface area contributed by atoms with Crippen molar-refractivity contribution < 1.29 is 14.7 Å². The van der Waals surface area contributed by atoms with E-state index in [1.165, 1.54) is 0 Å². The van der Waals surface area contributed by atoms with Crippen molar-refractivity contribution in [3.05, 3.63) is 34.9 Å². The molecule has 0 radical (unpaired) electrons. The fraction of sp³-hybridized carbons (Fsp3) is 0.529. The highest BCUT2D eigenvalue weighted by Gasteiger charge is 2.45. The molecule has 4 nitrogen and oxygen atoms in total. The number of amides is 1. The molecule has 0 aliphatic carbocycles. The minimum Gasteiger partial charge on any atom is -0.481 e. The number of carbonyl (C=O) groups is 2. The van der Waals surface area contributed by atoms with Gasteiger partial charge in [0, 0.05) is 18.7 Å². The van der Waals surface area contributed by atoms with Crippen LogP contribution < -0.4 is 0 Å². The van der Waals surface area contributed by atoms with Crippen LogP contribution in [0.3, 0.4) is 0 Å². The summed E-state index contributed by atoms with van der Waals surface area (Å²) >= 11 is 0. The van der Waals surface area contributed by atoms with Crippen LogP contribution in [0.15, 0.2) is 18.2 Å². The van der Waals surface area contributed by atoms with E-state index in [9.17, 15) is 14.7 Å². The molecule has 0 saturated carbocycles. The standard InChI is InChI=1S/C17H23NO3/c1-4-7-17(16(20)21)8-9-18(11-17)15(19)14-6-5-12(2)10-13(14)3/h5-6,10H,4,7-9,11H2,1-3H3,(H,20,21). The Morgan fingerprint density at radius 3 is 2.62 bits per heavy atom. The predicted molar refractivity (Wildman–Crippen MR) is 81.4 cm³/mol. The van der Waals surface area contributed by atoms with Crippen LogP contribution in [-0.2, 0) is 4.79 Å². The Morgan fingerprint density at radius 1 is 1.33 bits per heavy atom. The molecule has 1 amide bonds. The lowest BCUT2D eigenvalue weighted by atomic mass is 9.83. The summed E-state index contributed by atoms with van der Waals surface area (Å²) < 4.78 is 0. The molecule has 1 aliphatic heterocycles. The van der Waals surface area contributed by atoms with E-state index in [1.807, 2.05) is 39.0 Å². The zero-order valence-corrected chi connectivity index (χ0v) is 13.0. The van der Waals surface area contributed by atoms with Crippen LogP contribution >= 0.6 is 0 Å². The van der Waals surface area contributed by atoms with Crippen LogP contribution in [0.5, 0.6) is 0 Å². The first kappa shape index (κ1) is 15.5. The summed E-state index contributed by atoms with van der Waals surface area (Å²) in [6.07, 6.45) is 1.99. The second kappa shape index (κ2) is 5.88. The zero-order valence-electron chi connectivity index (χ0n) is 13.0. The quantitative estimate of drug-likeness (QED) is 0.927. The van der Waals surface area contributed by atoms with E-state index in [-0.39, 0.29) is 5.91 Å². The molecule has 1 aromatic carbocycles. The lowest BCUT2D eigenvalue weighted by molar-refractivity contribution is -0.148. The van der Waals surface area contributed by atoms with Gasteiger partial charge in [0.1, 0.15) is 0 Å². The van der Waals surface area contributed by atoms with Gasteiger partial charge in [0.2, 0.25) is 0 Å². The van der Waals surface area contributed by atoms with Crippen molar-refractivity contribution in [1.29, 1.82) is 0 Å². The topological polar surface area (TPSA) is 57.6 Å². The number of aliphatic carboxylic acids is 1. The van der Waals surface area contributed by atoms with Crippen molar-refractivity contribution in [3.63, 3.8) is 0 Å². The first-order valence-electron chi connectivity index (χ1n) is 7.49. The molecule has 1 unspecified atom stereocenters. The molecular formula is C17H23NO3. The second-order valence-electron chi connectivity index (χ2n) is 6.13. The Hall–Kier alpha value is -1.84. The van der Waals surface area contributed by atoms with E-state index in [0.29, 0.717) is 31.5 Å². The van der Waals surface area contributed by atoms with Gasteiger partial charge in [-0.25, -0.2) is 0 Å². The van der Waals surface area contributed by atoms with Crippen LogP contribution in [0, 0.1) is 19.3 Å². The summed E-state index contributed by atoms with van der Waals surface area (Å²) in [4.78, 5) is 25.9. The van der Waals surface area contributed by atoms with Crippen molar-refractivity contribution >= 4 is 11.9 Å². The van der Waals surface area contributed by atoms with Crippen LogP contribution in [0.1, 0.15) is 47.7 Å². The SMILES string of the molecule is CCCC1(C(=O)O)CCN(C(=O)c2ccc(C)cc2C)C1. The molecule has 1 aromatic rings. The maximum Gasteiger partial charge on any atom is 0.311 e. The Labute approximate surface area is 125 Å². The minimum atomic E-state index is -0.778. The van der Waals surface area contributed by atoms with Crippen LogP contribution in [0.2, 0.25) is 0 Å². The van der Waals surface area contributed by atoms with Gasteiger partial charge >= 0.3 is 5.97 Å². The number of rotatable bonds is 4. The number of carbonyl (C=O) groups excluding carboxylic acids is 1. The third kappa shape index (κ3) is 2.94. The molecule has 1 fully saturated rings. The largest absolute Gasteiger partial charge is 0.481 e. The smallest absolute Gasteiger partial charge is 0.311 e. The molecule has 0 aromatic heterocycles. The highest BCUT2D eigenvalue weighted by atomic mass is 16.4. The average molecular weight is 289 g/mol. The van der Waals surface area contributed by atoms with Crippen LogP contribution in [0.25, 0.3) is 0 Å². The number of likely N-dealkylation sites (tertiary alicyclic amines) is 1. The maximum absolute atomic E-state index is 12.6. The van der Waals surface area contributed by atoms with Gasteiger partial charge in [-0.2, -0.15) is 0 Å². The van der Waals surface area contributed by atoms with Crippen molar-refractivity contribution in [2.75, 3.05) is 13.1 Å². The summed E-state index contributed by atoms with van der Waals surface area (Å²) in [6.45, 7) is 6.75. The molecule has 4 heteroatoms. The molecule has 21 heavy (non-hydrogen) atoms. The summed E-state index contributed by atoms with van der Waals surface area (Å²) in [5.74, 6) is -0.827. The molecule has 0 bridgehead atoms. The molecular weight excluding hydrogens is 266 g/mol. The summed E-state index contributed by atoms with van der Waals surface area (Å²) in [5, 5.41) is 9.52. The van der Waals surface area contributed by atoms with Gasteiger partial charge < -0.3 is 10.0 Å². The minimum absolute atomic E-state index is 0.0493. The molecule has 2 rings (SSSR count). The van der Waals surface area contributed by atoms with Crippen molar-refractivity contribution in [2.45, 2.75) is 40.0 Å². The molecule has 0 spiro atoms. The maximum atomic E-state index is 12.6. The van der Waals surface area contributed by atoms with Crippen LogP contribution in [0.4, 0.5) is 0 Å². The lowest BCUT2D eigenvalue weighted by Crippen LogP contribution is -2.37. The third-order valence-corrected chi connectivity index (χ3v) is 4.44. The first-order valence-corrected chi connectivity index (χ1v) is 7.49. The lowest BCUT2D eigenvalue weighted by Gasteiger charge is -2.24. The molecule has 1 heterocycles. The zero-order chi connectivity index (χ0) is 15.6. The number of benzene rings is 1. The average Bonchev–Trinajstić information content (AvgIpc) is 2.84. The van der Waals surface area contributed by atoms with Gasteiger partial charge in [0.25, 0.3) is 5.91 Å². The van der Waals surface area contributed by atoms with E-state index in [0.717, 1.165) is 17.5 Å². The van der Waals surface area contributed by atoms with E-state index in [1.54, 1.807) is 4.90 Å². The fourth-order valence-electron chi connectivity index (χ4n) is 3.23. The third-order valence-electron chi connectivity index (χ3n) is 4.44. The van der Waals surface area contributed by atoms with Crippen molar-refractivity contribution in [2.24, 2.45) is 5.41 Å².